The molecule has 1 aromatic carbocycles. The van der Waals surface area contributed by atoms with Crippen LogP contribution in [-0.4, -0.2) is 23.9 Å². The third kappa shape index (κ3) is 2.87. The van der Waals surface area contributed by atoms with Crippen molar-refractivity contribution in [2.45, 2.75) is 38.5 Å². The molecule has 1 aromatic rings. The number of hydrogen-bond acceptors (Lipinski definition) is 1. The topological polar surface area (TPSA) is 20.3 Å². The SMILES string of the molecule is CCCC(C(=O)N1CCCC1)c1ccccc1. The van der Waals surface area contributed by atoms with Gasteiger partial charge in [-0.3, -0.25) is 4.79 Å². The van der Waals surface area contributed by atoms with Crippen LogP contribution in [0.15, 0.2) is 30.3 Å². The van der Waals surface area contributed by atoms with Gasteiger partial charge in [0.1, 0.15) is 0 Å². The molecule has 0 spiro atoms. The van der Waals surface area contributed by atoms with E-state index in [4.69, 9.17) is 0 Å². The molecule has 0 bridgehead atoms. The highest BCUT2D eigenvalue weighted by atomic mass is 16.2. The molecule has 1 unspecified atom stereocenters. The lowest BCUT2D eigenvalue weighted by molar-refractivity contribution is -0.131. The van der Waals surface area contributed by atoms with E-state index in [9.17, 15) is 4.79 Å². The standard InChI is InChI=1S/C15H21NO/c1-2-8-14(13-9-4-3-5-10-13)15(17)16-11-6-7-12-16/h3-5,9-10,14H,2,6-8,11-12H2,1H3. The summed E-state index contributed by atoms with van der Waals surface area (Å²) in [4.78, 5) is 14.5. The van der Waals surface area contributed by atoms with Gasteiger partial charge in [0.15, 0.2) is 0 Å². The third-order valence-electron chi connectivity index (χ3n) is 3.50. The molecule has 1 fully saturated rings. The zero-order valence-electron chi connectivity index (χ0n) is 10.6. The van der Waals surface area contributed by atoms with Crippen molar-refractivity contribution in [1.82, 2.24) is 4.90 Å². The lowest BCUT2D eigenvalue weighted by Gasteiger charge is -2.23. The minimum absolute atomic E-state index is 0.0688. The molecule has 0 radical (unpaired) electrons. The second kappa shape index (κ2) is 5.85. The van der Waals surface area contributed by atoms with E-state index in [1.807, 2.05) is 23.1 Å². The van der Waals surface area contributed by atoms with Crippen molar-refractivity contribution in [2.24, 2.45) is 0 Å². The molecule has 1 amide bonds. The summed E-state index contributed by atoms with van der Waals surface area (Å²) in [5.41, 5.74) is 1.17. The van der Waals surface area contributed by atoms with E-state index in [1.54, 1.807) is 0 Å². The van der Waals surface area contributed by atoms with Gasteiger partial charge in [-0.2, -0.15) is 0 Å². The summed E-state index contributed by atoms with van der Waals surface area (Å²) in [5, 5.41) is 0. The number of amides is 1. The molecule has 1 saturated heterocycles. The summed E-state index contributed by atoms with van der Waals surface area (Å²) in [6, 6.07) is 10.2. The number of hydrogen-bond donors (Lipinski definition) is 0. The normalized spacial score (nSPS) is 17.1. The maximum atomic E-state index is 12.5. The first-order valence-electron chi connectivity index (χ1n) is 6.66. The van der Waals surface area contributed by atoms with Crippen molar-refractivity contribution in [1.29, 1.82) is 0 Å². The first-order valence-corrected chi connectivity index (χ1v) is 6.66. The van der Waals surface area contributed by atoms with Crippen molar-refractivity contribution < 1.29 is 4.79 Å². The van der Waals surface area contributed by atoms with Crippen LogP contribution in [0.1, 0.15) is 44.1 Å². The van der Waals surface area contributed by atoms with Crippen LogP contribution in [0.2, 0.25) is 0 Å². The number of likely N-dealkylation sites (tertiary alicyclic amines) is 1. The predicted octanol–water partition coefficient (Wildman–Crippen LogP) is 3.19. The Morgan fingerprint density at radius 1 is 1.24 bits per heavy atom. The maximum Gasteiger partial charge on any atom is 0.230 e. The third-order valence-corrected chi connectivity index (χ3v) is 3.50. The molecular weight excluding hydrogens is 210 g/mol. The van der Waals surface area contributed by atoms with Crippen LogP contribution < -0.4 is 0 Å². The van der Waals surface area contributed by atoms with Crippen molar-refractivity contribution in [3.05, 3.63) is 35.9 Å². The zero-order chi connectivity index (χ0) is 12.1. The van der Waals surface area contributed by atoms with E-state index in [0.29, 0.717) is 5.91 Å². The van der Waals surface area contributed by atoms with Gasteiger partial charge in [0, 0.05) is 13.1 Å². The number of nitrogens with zero attached hydrogens (tertiary/aromatic N) is 1. The Morgan fingerprint density at radius 2 is 1.88 bits per heavy atom. The fourth-order valence-corrected chi connectivity index (χ4v) is 2.56. The summed E-state index contributed by atoms with van der Waals surface area (Å²) in [5.74, 6) is 0.398. The van der Waals surface area contributed by atoms with Gasteiger partial charge in [-0.05, 0) is 24.8 Å². The Morgan fingerprint density at radius 3 is 2.47 bits per heavy atom. The highest BCUT2D eigenvalue weighted by molar-refractivity contribution is 5.83. The summed E-state index contributed by atoms with van der Waals surface area (Å²) in [6.45, 7) is 4.05. The molecule has 1 heterocycles. The van der Waals surface area contributed by atoms with Gasteiger partial charge >= 0.3 is 0 Å². The predicted molar refractivity (Wildman–Crippen MR) is 69.9 cm³/mol. The lowest BCUT2D eigenvalue weighted by atomic mass is 9.93. The summed E-state index contributed by atoms with van der Waals surface area (Å²) in [7, 11) is 0. The molecule has 0 N–H and O–H groups in total. The Bertz CT molecular complexity index is 354. The second-order valence-electron chi connectivity index (χ2n) is 4.78. The zero-order valence-corrected chi connectivity index (χ0v) is 10.6. The van der Waals surface area contributed by atoms with Crippen LogP contribution in [0.3, 0.4) is 0 Å². The van der Waals surface area contributed by atoms with Gasteiger partial charge in [0.05, 0.1) is 5.92 Å². The van der Waals surface area contributed by atoms with E-state index >= 15 is 0 Å². The molecule has 0 aromatic heterocycles. The van der Waals surface area contributed by atoms with E-state index in [-0.39, 0.29) is 5.92 Å². The summed E-state index contributed by atoms with van der Waals surface area (Å²) in [6.07, 6.45) is 4.34. The van der Waals surface area contributed by atoms with Crippen molar-refractivity contribution in [3.63, 3.8) is 0 Å². The maximum absolute atomic E-state index is 12.5. The van der Waals surface area contributed by atoms with E-state index in [0.717, 1.165) is 25.9 Å². The lowest BCUT2D eigenvalue weighted by Crippen LogP contribution is -2.32. The molecule has 92 valence electrons. The Hall–Kier alpha value is -1.31. The number of benzene rings is 1. The largest absolute Gasteiger partial charge is 0.342 e. The molecule has 17 heavy (non-hydrogen) atoms. The van der Waals surface area contributed by atoms with Gasteiger partial charge in [-0.25, -0.2) is 0 Å². The molecule has 2 rings (SSSR count). The van der Waals surface area contributed by atoms with Gasteiger partial charge in [-0.15, -0.1) is 0 Å². The molecule has 2 heteroatoms. The van der Waals surface area contributed by atoms with E-state index < -0.39 is 0 Å². The monoisotopic (exact) mass is 231 g/mol. The van der Waals surface area contributed by atoms with E-state index in [2.05, 4.69) is 19.1 Å². The fraction of sp³-hybridized carbons (Fsp3) is 0.533. The average Bonchev–Trinajstić information content (AvgIpc) is 2.90. The molecular formula is C15H21NO. The molecule has 0 aliphatic carbocycles. The van der Waals surface area contributed by atoms with Gasteiger partial charge in [0.2, 0.25) is 5.91 Å². The van der Waals surface area contributed by atoms with Gasteiger partial charge < -0.3 is 4.90 Å². The Kier molecular flexibility index (Phi) is 4.18. The number of carbonyl (C=O) groups excluding carboxylic acids is 1. The molecule has 1 aliphatic rings. The Labute approximate surface area is 104 Å². The van der Waals surface area contributed by atoms with Gasteiger partial charge in [0.25, 0.3) is 0 Å². The van der Waals surface area contributed by atoms with Crippen LogP contribution in [0.5, 0.6) is 0 Å². The molecule has 2 nitrogen and oxygen atoms in total. The van der Waals surface area contributed by atoms with Crippen LogP contribution in [0, 0.1) is 0 Å². The molecule has 1 atom stereocenters. The van der Waals surface area contributed by atoms with Crippen LogP contribution in [0.4, 0.5) is 0 Å². The number of carbonyl (C=O) groups is 1. The van der Waals surface area contributed by atoms with Crippen LogP contribution in [-0.2, 0) is 4.79 Å². The van der Waals surface area contributed by atoms with E-state index in [1.165, 1.54) is 18.4 Å². The van der Waals surface area contributed by atoms with Gasteiger partial charge in [-0.1, -0.05) is 43.7 Å². The first-order chi connectivity index (χ1) is 8.33. The van der Waals surface area contributed by atoms with Crippen LogP contribution in [0.25, 0.3) is 0 Å². The number of rotatable bonds is 4. The van der Waals surface area contributed by atoms with Crippen LogP contribution >= 0.6 is 0 Å². The van der Waals surface area contributed by atoms with Crippen molar-refractivity contribution >= 4 is 5.91 Å². The first kappa shape index (κ1) is 12.2. The minimum Gasteiger partial charge on any atom is -0.342 e. The highest BCUT2D eigenvalue weighted by Crippen LogP contribution is 2.25. The minimum atomic E-state index is 0.0688. The van der Waals surface area contributed by atoms with Crippen molar-refractivity contribution in [2.75, 3.05) is 13.1 Å². The molecule has 1 aliphatic heterocycles. The van der Waals surface area contributed by atoms with Crippen molar-refractivity contribution in [3.8, 4) is 0 Å². The average molecular weight is 231 g/mol. The highest BCUT2D eigenvalue weighted by Gasteiger charge is 2.26. The summed E-state index contributed by atoms with van der Waals surface area (Å²) >= 11 is 0. The second-order valence-corrected chi connectivity index (χ2v) is 4.78. The fourth-order valence-electron chi connectivity index (χ4n) is 2.56. The summed E-state index contributed by atoms with van der Waals surface area (Å²) < 4.78 is 0. The Balaban J connectivity index is 2.13. The quantitative estimate of drug-likeness (QED) is 0.779. The smallest absolute Gasteiger partial charge is 0.230 e. The molecule has 0 saturated carbocycles.